The highest BCUT2D eigenvalue weighted by atomic mass is 16.3. The van der Waals surface area contributed by atoms with Gasteiger partial charge in [-0.3, -0.25) is 4.79 Å². The Labute approximate surface area is 104 Å². The van der Waals surface area contributed by atoms with E-state index in [1.54, 1.807) is 33.2 Å². The van der Waals surface area contributed by atoms with Crippen LogP contribution in [0.4, 0.5) is 5.95 Å². The minimum absolute atomic E-state index is 0.120. The third kappa shape index (κ3) is 2.04. The lowest BCUT2D eigenvalue weighted by atomic mass is 10.1. The molecule has 0 saturated carbocycles. The second-order valence-electron chi connectivity index (χ2n) is 4.07. The van der Waals surface area contributed by atoms with Crippen molar-refractivity contribution < 1.29 is 9.21 Å². The summed E-state index contributed by atoms with van der Waals surface area (Å²) in [4.78, 5) is 21.8. The Bertz CT molecular complexity index is 576. The van der Waals surface area contributed by atoms with Crippen molar-refractivity contribution in [3.8, 4) is 11.5 Å². The number of carbonyl (C=O) groups excluding carboxylic acids is 1. The summed E-state index contributed by atoms with van der Waals surface area (Å²) in [7, 11) is 3.34. The first-order chi connectivity index (χ1) is 8.50. The number of hydrogen-bond donors (Lipinski definition) is 1. The number of nitrogen functional groups attached to an aromatic ring is 1. The summed E-state index contributed by atoms with van der Waals surface area (Å²) in [5.41, 5.74) is 6.98. The van der Waals surface area contributed by atoms with E-state index < -0.39 is 0 Å². The number of rotatable bonds is 2. The maximum absolute atomic E-state index is 12.2. The molecule has 0 fully saturated rings. The molecule has 2 N–H and O–H groups in total. The number of furan rings is 1. The number of anilines is 1. The monoisotopic (exact) mass is 246 g/mol. The summed E-state index contributed by atoms with van der Waals surface area (Å²) in [6.07, 6.45) is 1.52. The Balaban J connectivity index is 2.67. The van der Waals surface area contributed by atoms with Crippen molar-refractivity contribution in [3.05, 3.63) is 29.7 Å². The first-order valence-electron chi connectivity index (χ1n) is 5.40. The molecule has 94 valence electrons. The molecular weight excluding hydrogens is 232 g/mol. The first-order valence-corrected chi connectivity index (χ1v) is 5.40. The normalized spacial score (nSPS) is 10.4. The second-order valence-corrected chi connectivity index (χ2v) is 4.07. The fourth-order valence-corrected chi connectivity index (χ4v) is 1.67. The van der Waals surface area contributed by atoms with Crippen molar-refractivity contribution in [3.63, 3.8) is 0 Å². The standard InChI is InChI=1S/C12H14N4O2/c1-7-9(11(17)16(2)3)10(15-12(13)14-7)8-5-4-6-18-8/h4-6H,1-3H3,(H2,13,14,15). The van der Waals surface area contributed by atoms with E-state index >= 15 is 0 Å². The van der Waals surface area contributed by atoms with Crippen LogP contribution in [-0.4, -0.2) is 34.9 Å². The van der Waals surface area contributed by atoms with Gasteiger partial charge in [0.2, 0.25) is 5.95 Å². The van der Waals surface area contributed by atoms with E-state index in [0.717, 1.165) is 0 Å². The number of nitrogens with zero attached hydrogens (tertiary/aromatic N) is 3. The zero-order valence-electron chi connectivity index (χ0n) is 10.5. The third-order valence-electron chi connectivity index (χ3n) is 2.48. The molecule has 0 atom stereocenters. The Hall–Kier alpha value is -2.37. The Morgan fingerprint density at radius 1 is 1.39 bits per heavy atom. The lowest BCUT2D eigenvalue weighted by Crippen LogP contribution is -2.24. The first kappa shape index (κ1) is 12.1. The summed E-state index contributed by atoms with van der Waals surface area (Å²) in [6, 6.07) is 3.46. The molecule has 0 spiro atoms. The van der Waals surface area contributed by atoms with E-state index in [4.69, 9.17) is 10.2 Å². The Morgan fingerprint density at radius 2 is 2.11 bits per heavy atom. The number of amides is 1. The van der Waals surface area contributed by atoms with Gasteiger partial charge in [-0.05, 0) is 19.1 Å². The van der Waals surface area contributed by atoms with Crippen molar-refractivity contribution >= 4 is 11.9 Å². The van der Waals surface area contributed by atoms with Gasteiger partial charge in [-0.15, -0.1) is 0 Å². The molecule has 0 aliphatic rings. The van der Waals surface area contributed by atoms with Gasteiger partial charge in [-0.2, -0.15) is 0 Å². The summed E-state index contributed by atoms with van der Waals surface area (Å²) < 4.78 is 5.28. The SMILES string of the molecule is Cc1nc(N)nc(-c2ccco2)c1C(=O)N(C)C. The third-order valence-corrected chi connectivity index (χ3v) is 2.48. The van der Waals surface area contributed by atoms with Gasteiger partial charge >= 0.3 is 0 Å². The maximum atomic E-state index is 12.2. The minimum Gasteiger partial charge on any atom is -0.463 e. The van der Waals surface area contributed by atoms with Crippen LogP contribution >= 0.6 is 0 Å². The van der Waals surface area contributed by atoms with Crippen molar-refractivity contribution in [2.45, 2.75) is 6.92 Å². The fraction of sp³-hybridized carbons (Fsp3) is 0.250. The van der Waals surface area contributed by atoms with E-state index in [1.807, 2.05) is 0 Å². The lowest BCUT2D eigenvalue weighted by molar-refractivity contribution is 0.0826. The van der Waals surface area contributed by atoms with Crippen molar-refractivity contribution in [1.82, 2.24) is 14.9 Å². The van der Waals surface area contributed by atoms with Gasteiger partial charge < -0.3 is 15.1 Å². The molecule has 0 aliphatic heterocycles. The molecule has 0 unspecified atom stereocenters. The number of hydrogen-bond acceptors (Lipinski definition) is 5. The van der Waals surface area contributed by atoms with E-state index in [0.29, 0.717) is 22.7 Å². The largest absolute Gasteiger partial charge is 0.463 e. The molecule has 0 saturated heterocycles. The van der Waals surface area contributed by atoms with Gasteiger partial charge in [0, 0.05) is 14.1 Å². The van der Waals surface area contributed by atoms with E-state index in [9.17, 15) is 4.79 Å². The highest BCUT2D eigenvalue weighted by molar-refractivity contribution is 6.00. The van der Waals surface area contributed by atoms with E-state index in [1.165, 1.54) is 11.2 Å². The molecule has 0 aromatic carbocycles. The van der Waals surface area contributed by atoms with Crippen LogP contribution in [0.2, 0.25) is 0 Å². The number of aromatic nitrogens is 2. The fourth-order valence-electron chi connectivity index (χ4n) is 1.67. The van der Waals surface area contributed by atoms with Gasteiger partial charge in [-0.1, -0.05) is 0 Å². The Kier molecular flexibility index (Phi) is 3.01. The van der Waals surface area contributed by atoms with E-state index in [2.05, 4.69) is 9.97 Å². The van der Waals surface area contributed by atoms with Crippen molar-refractivity contribution in [2.24, 2.45) is 0 Å². The smallest absolute Gasteiger partial charge is 0.257 e. The highest BCUT2D eigenvalue weighted by Gasteiger charge is 2.22. The lowest BCUT2D eigenvalue weighted by Gasteiger charge is -2.14. The molecule has 1 amide bonds. The second kappa shape index (κ2) is 4.48. The average Bonchev–Trinajstić information content (AvgIpc) is 2.80. The molecule has 2 rings (SSSR count). The number of aryl methyl sites for hydroxylation is 1. The van der Waals surface area contributed by atoms with Crippen LogP contribution in [-0.2, 0) is 0 Å². The highest BCUT2D eigenvalue weighted by Crippen LogP contribution is 2.25. The molecule has 2 aromatic heterocycles. The molecule has 6 nitrogen and oxygen atoms in total. The van der Waals surface area contributed by atoms with Crippen LogP contribution in [0.25, 0.3) is 11.5 Å². The Morgan fingerprint density at radius 3 is 2.67 bits per heavy atom. The van der Waals surface area contributed by atoms with Gasteiger partial charge in [0.15, 0.2) is 5.76 Å². The van der Waals surface area contributed by atoms with E-state index in [-0.39, 0.29) is 11.9 Å². The molecule has 2 aromatic rings. The molecule has 2 heterocycles. The number of nitrogens with two attached hydrogens (primary N) is 1. The van der Waals surface area contributed by atoms with Crippen LogP contribution in [0, 0.1) is 6.92 Å². The zero-order chi connectivity index (χ0) is 13.3. The predicted octanol–water partition coefficient (Wildman–Crippen LogP) is 1.33. The van der Waals surface area contributed by atoms with Crippen molar-refractivity contribution in [1.29, 1.82) is 0 Å². The molecule has 0 bridgehead atoms. The van der Waals surface area contributed by atoms with Gasteiger partial charge in [0.1, 0.15) is 5.69 Å². The molecular formula is C12H14N4O2. The number of carbonyl (C=O) groups is 1. The molecule has 6 heteroatoms. The molecule has 18 heavy (non-hydrogen) atoms. The van der Waals surface area contributed by atoms with Crippen LogP contribution in [0.5, 0.6) is 0 Å². The van der Waals surface area contributed by atoms with Crippen LogP contribution in [0.15, 0.2) is 22.8 Å². The summed E-state index contributed by atoms with van der Waals surface area (Å²) >= 11 is 0. The maximum Gasteiger partial charge on any atom is 0.257 e. The summed E-state index contributed by atoms with van der Waals surface area (Å²) in [6.45, 7) is 1.72. The van der Waals surface area contributed by atoms with Crippen LogP contribution in [0.3, 0.4) is 0 Å². The minimum atomic E-state index is -0.182. The average molecular weight is 246 g/mol. The topological polar surface area (TPSA) is 85.2 Å². The van der Waals surface area contributed by atoms with Gasteiger partial charge in [-0.25, -0.2) is 9.97 Å². The summed E-state index contributed by atoms with van der Waals surface area (Å²) in [5.74, 6) is 0.436. The molecule has 0 radical (unpaired) electrons. The molecule has 0 aliphatic carbocycles. The summed E-state index contributed by atoms with van der Waals surface area (Å²) in [5, 5.41) is 0. The predicted molar refractivity (Wildman–Crippen MR) is 66.9 cm³/mol. The van der Waals surface area contributed by atoms with Gasteiger partial charge in [0.05, 0.1) is 17.5 Å². The zero-order valence-corrected chi connectivity index (χ0v) is 10.5. The quantitative estimate of drug-likeness (QED) is 0.863. The van der Waals surface area contributed by atoms with Crippen LogP contribution < -0.4 is 5.73 Å². The van der Waals surface area contributed by atoms with Gasteiger partial charge in [0.25, 0.3) is 5.91 Å². The van der Waals surface area contributed by atoms with Crippen molar-refractivity contribution in [2.75, 3.05) is 19.8 Å². The van der Waals surface area contributed by atoms with Crippen LogP contribution in [0.1, 0.15) is 16.1 Å².